The summed E-state index contributed by atoms with van der Waals surface area (Å²) in [6.45, 7) is 3.77. The number of rotatable bonds is 5. The van der Waals surface area contributed by atoms with E-state index >= 15 is 0 Å². The van der Waals surface area contributed by atoms with E-state index in [1.165, 1.54) is 0 Å². The molecule has 3 nitrogen and oxygen atoms in total. The molecule has 0 rings (SSSR count). The van der Waals surface area contributed by atoms with Gasteiger partial charge < -0.3 is 10.4 Å². The number of nitrogens with one attached hydrogen (secondary N) is 1. The van der Waals surface area contributed by atoms with Gasteiger partial charge in [-0.05, 0) is 20.4 Å². The van der Waals surface area contributed by atoms with Gasteiger partial charge in [0, 0.05) is 0 Å². The second-order valence-electron chi connectivity index (χ2n) is 2.99. The fourth-order valence-electron chi connectivity index (χ4n) is 0.869. The van der Waals surface area contributed by atoms with E-state index in [1.807, 2.05) is 0 Å². The monoisotopic (exact) mass is 159 g/mol. The van der Waals surface area contributed by atoms with E-state index in [0.717, 1.165) is 12.8 Å². The number of hydrogen-bond donors (Lipinski definition) is 2. The van der Waals surface area contributed by atoms with Crippen LogP contribution < -0.4 is 5.32 Å². The smallest absolute Gasteiger partial charge is 0.323 e. The summed E-state index contributed by atoms with van der Waals surface area (Å²) in [7, 11) is 1.68. The molecule has 2 N–H and O–H groups in total. The van der Waals surface area contributed by atoms with E-state index < -0.39 is 11.5 Å². The molecule has 0 aromatic rings. The van der Waals surface area contributed by atoms with Gasteiger partial charge in [0.25, 0.3) is 0 Å². The van der Waals surface area contributed by atoms with Crippen LogP contribution in [0.4, 0.5) is 0 Å². The van der Waals surface area contributed by atoms with Gasteiger partial charge in [-0.2, -0.15) is 0 Å². The topological polar surface area (TPSA) is 49.3 Å². The second kappa shape index (κ2) is 4.34. The molecule has 66 valence electrons. The highest BCUT2D eigenvalue weighted by atomic mass is 16.4. The molecule has 1 unspecified atom stereocenters. The van der Waals surface area contributed by atoms with Gasteiger partial charge in [-0.3, -0.25) is 4.79 Å². The van der Waals surface area contributed by atoms with Crippen LogP contribution in [-0.4, -0.2) is 23.7 Å². The molecule has 0 fully saturated rings. The van der Waals surface area contributed by atoms with Crippen molar-refractivity contribution >= 4 is 5.97 Å². The van der Waals surface area contributed by atoms with E-state index in [9.17, 15) is 4.79 Å². The molecule has 3 heteroatoms. The molecule has 11 heavy (non-hydrogen) atoms. The van der Waals surface area contributed by atoms with Gasteiger partial charge in [0.05, 0.1) is 0 Å². The minimum absolute atomic E-state index is 0.690. The van der Waals surface area contributed by atoms with Crippen molar-refractivity contribution in [2.75, 3.05) is 7.05 Å². The Labute approximate surface area is 67.8 Å². The largest absolute Gasteiger partial charge is 0.480 e. The van der Waals surface area contributed by atoms with Crippen LogP contribution in [0.5, 0.6) is 0 Å². The van der Waals surface area contributed by atoms with Gasteiger partial charge >= 0.3 is 5.97 Å². The quantitative estimate of drug-likeness (QED) is 0.634. The Hall–Kier alpha value is -0.570. The molecule has 0 aromatic heterocycles. The summed E-state index contributed by atoms with van der Waals surface area (Å²) in [6, 6.07) is 0. The van der Waals surface area contributed by atoms with Gasteiger partial charge in [0.1, 0.15) is 5.54 Å². The molecule has 0 aliphatic carbocycles. The number of likely N-dealkylation sites (N-methyl/N-ethyl adjacent to an activating group) is 1. The van der Waals surface area contributed by atoms with Crippen LogP contribution >= 0.6 is 0 Å². The Bertz CT molecular complexity index is 136. The van der Waals surface area contributed by atoms with Crippen molar-refractivity contribution in [2.24, 2.45) is 0 Å². The fourth-order valence-corrected chi connectivity index (χ4v) is 0.869. The summed E-state index contributed by atoms with van der Waals surface area (Å²) < 4.78 is 0. The van der Waals surface area contributed by atoms with Gasteiger partial charge in [0.2, 0.25) is 0 Å². The molecule has 0 aromatic carbocycles. The third-order valence-electron chi connectivity index (χ3n) is 2.05. The number of unbranched alkanes of at least 4 members (excludes halogenated alkanes) is 1. The summed E-state index contributed by atoms with van der Waals surface area (Å²) >= 11 is 0. The van der Waals surface area contributed by atoms with E-state index in [4.69, 9.17) is 5.11 Å². The maximum Gasteiger partial charge on any atom is 0.323 e. The fraction of sp³-hybridized carbons (Fsp3) is 0.875. The Morgan fingerprint density at radius 1 is 1.64 bits per heavy atom. The predicted octanol–water partition coefficient (Wildman–Crippen LogP) is 1.24. The minimum atomic E-state index is -0.770. The highest BCUT2D eigenvalue weighted by molar-refractivity contribution is 5.78. The SMILES string of the molecule is CCCCC(C)(NC)C(=O)O. The van der Waals surface area contributed by atoms with Gasteiger partial charge in [-0.15, -0.1) is 0 Å². The number of hydrogen-bond acceptors (Lipinski definition) is 2. The molecular weight excluding hydrogens is 142 g/mol. The second-order valence-corrected chi connectivity index (χ2v) is 2.99. The van der Waals surface area contributed by atoms with E-state index in [0.29, 0.717) is 6.42 Å². The molecule has 0 bridgehead atoms. The standard InChI is InChI=1S/C8H17NO2/c1-4-5-6-8(2,9-3)7(10)11/h9H,4-6H2,1-3H3,(H,10,11). The molecule has 0 heterocycles. The molecular formula is C8H17NO2. The average Bonchev–Trinajstić information content (AvgIpc) is 2.00. The molecule has 0 radical (unpaired) electrons. The lowest BCUT2D eigenvalue weighted by Gasteiger charge is -2.23. The van der Waals surface area contributed by atoms with Gasteiger partial charge in [-0.1, -0.05) is 19.8 Å². The third kappa shape index (κ3) is 2.89. The molecule has 0 saturated carbocycles. The third-order valence-corrected chi connectivity index (χ3v) is 2.05. The Morgan fingerprint density at radius 3 is 2.45 bits per heavy atom. The summed E-state index contributed by atoms with van der Waals surface area (Å²) in [4.78, 5) is 10.7. The van der Waals surface area contributed by atoms with Crippen molar-refractivity contribution in [3.05, 3.63) is 0 Å². The van der Waals surface area contributed by atoms with E-state index in [-0.39, 0.29) is 0 Å². The molecule has 0 saturated heterocycles. The number of carboxylic acid groups (broad SMARTS) is 1. The van der Waals surface area contributed by atoms with Crippen LogP contribution in [0.3, 0.4) is 0 Å². The van der Waals surface area contributed by atoms with Crippen LogP contribution in [0.25, 0.3) is 0 Å². The van der Waals surface area contributed by atoms with Crippen LogP contribution in [0, 0.1) is 0 Å². The average molecular weight is 159 g/mol. The van der Waals surface area contributed by atoms with Crippen LogP contribution in [0.1, 0.15) is 33.1 Å². The summed E-state index contributed by atoms with van der Waals surface area (Å²) in [6.07, 6.45) is 2.67. The minimum Gasteiger partial charge on any atom is -0.480 e. The normalized spacial score (nSPS) is 15.9. The lowest BCUT2D eigenvalue weighted by atomic mass is 9.95. The van der Waals surface area contributed by atoms with E-state index in [1.54, 1.807) is 14.0 Å². The lowest BCUT2D eigenvalue weighted by Crippen LogP contribution is -2.47. The van der Waals surface area contributed by atoms with Gasteiger partial charge in [0.15, 0.2) is 0 Å². The highest BCUT2D eigenvalue weighted by Crippen LogP contribution is 2.12. The van der Waals surface area contributed by atoms with Crippen molar-refractivity contribution in [1.29, 1.82) is 0 Å². The van der Waals surface area contributed by atoms with Crippen molar-refractivity contribution < 1.29 is 9.90 Å². The first-order chi connectivity index (χ1) is 5.06. The first-order valence-electron chi connectivity index (χ1n) is 3.99. The van der Waals surface area contributed by atoms with Crippen LogP contribution in [-0.2, 0) is 4.79 Å². The Balaban J connectivity index is 3.99. The Morgan fingerprint density at radius 2 is 2.18 bits per heavy atom. The maximum absolute atomic E-state index is 10.7. The molecule has 0 aliphatic rings. The number of carbonyl (C=O) groups is 1. The zero-order valence-corrected chi connectivity index (χ0v) is 7.48. The lowest BCUT2D eigenvalue weighted by molar-refractivity contribution is -0.144. The number of carboxylic acids is 1. The molecule has 1 atom stereocenters. The van der Waals surface area contributed by atoms with Gasteiger partial charge in [-0.25, -0.2) is 0 Å². The number of aliphatic carboxylic acids is 1. The zero-order valence-electron chi connectivity index (χ0n) is 7.48. The van der Waals surface area contributed by atoms with Crippen LogP contribution in [0.15, 0.2) is 0 Å². The summed E-state index contributed by atoms with van der Waals surface area (Å²) in [5, 5.41) is 11.6. The van der Waals surface area contributed by atoms with Crippen molar-refractivity contribution in [3.63, 3.8) is 0 Å². The predicted molar refractivity (Wildman–Crippen MR) is 44.6 cm³/mol. The van der Waals surface area contributed by atoms with E-state index in [2.05, 4.69) is 12.2 Å². The molecule has 0 spiro atoms. The molecule has 0 amide bonds. The first kappa shape index (κ1) is 10.4. The molecule has 0 aliphatic heterocycles. The van der Waals surface area contributed by atoms with Crippen molar-refractivity contribution in [3.8, 4) is 0 Å². The van der Waals surface area contributed by atoms with Crippen molar-refractivity contribution in [1.82, 2.24) is 5.32 Å². The first-order valence-corrected chi connectivity index (χ1v) is 3.99. The summed E-state index contributed by atoms with van der Waals surface area (Å²) in [5.74, 6) is -0.770. The maximum atomic E-state index is 10.7. The van der Waals surface area contributed by atoms with Crippen LogP contribution in [0.2, 0.25) is 0 Å². The van der Waals surface area contributed by atoms with Crippen molar-refractivity contribution in [2.45, 2.75) is 38.6 Å². The summed E-state index contributed by atoms with van der Waals surface area (Å²) in [5.41, 5.74) is -0.740. The zero-order chi connectivity index (χ0) is 8.91. The highest BCUT2D eigenvalue weighted by Gasteiger charge is 2.29. The Kier molecular flexibility index (Phi) is 4.11.